The number of aromatic nitrogens is 2. The van der Waals surface area contributed by atoms with Crippen LogP contribution in [-0.2, 0) is 13.0 Å². The molecule has 2 aromatic heterocycles. The van der Waals surface area contributed by atoms with Gasteiger partial charge in [-0.15, -0.1) is 11.3 Å². The molecule has 5 nitrogen and oxygen atoms in total. The number of rotatable bonds is 0. The van der Waals surface area contributed by atoms with Crippen LogP contribution in [0.25, 0.3) is 10.2 Å². The summed E-state index contributed by atoms with van der Waals surface area (Å²) in [7, 11) is 0. The van der Waals surface area contributed by atoms with Crippen LogP contribution in [0.5, 0.6) is 0 Å². The molecule has 116 valence electrons. The molecule has 7 heteroatoms. The van der Waals surface area contributed by atoms with Crippen molar-refractivity contribution in [3.05, 3.63) is 21.9 Å². The Bertz CT molecular complexity index is 726. The summed E-state index contributed by atoms with van der Waals surface area (Å²) in [5.74, 6) is 0. The zero-order valence-corrected chi connectivity index (χ0v) is 13.8. The van der Waals surface area contributed by atoms with E-state index in [0.717, 1.165) is 49.1 Å². The summed E-state index contributed by atoms with van der Waals surface area (Å²) in [4.78, 5) is 27.1. The standard InChI is InChI=1S/C15H17ClN4OS/c16-13-12-10-4-7-20(15(21)19-5-2-1-3-6-19)8-11(10)22-14(12)18-9-17-13/h9H,1-8H2. The third-order valence-electron chi connectivity index (χ3n) is 4.49. The lowest BCUT2D eigenvalue weighted by Gasteiger charge is -2.34. The predicted octanol–water partition coefficient (Wildman–Crippen LogP) is 3.31. The van der Waals surface area contributed by atoms with Crippen molar-refractivity contribution in [2.24, 2.45) is 0 Å². The van der Waals surface area contributed by atoms with Crippen molar-refractivity contribution >= 4 is 39.2 Å². The molecule has 4 heterocycles. The van der Waals surface area contributed by atoms with Crippen molar-refractivity contribution < 1.29 is 4.79 Å². The van der Waals surface area contributed by atoms with E-state index >= 15 is 0 Å². The maximum absolute atomic E-state index is 12.6. The molecule has 0 aliphatic carbocycles. The minimum Gasteiger partial charge on any atom is -0.325 e. The predicted molar refractivity (Wildman–Crippen MR) is 87.4 cm³/mol. The summed E-state index contributed by atoms with van der Waals surface area (Å²) in [6, 6.07) is 0.181. The lowest BCUT2D eigenvalue weighted by atomic mass is 10.1. The molecule has 0 atom stereocenters. The zero-order valence-electron chi connectivity index (χ0n) is 12.2. The molecule has 22 heavy (non-hydrogen) atoms. The Morgan fingerprint density at radius 2 is 1.95 bits per heavy atom. The average molecular weight is 337 g/mol. The summed E-state index contributed by atoms with van der Waals surface area (Å²) >= 11 is 7.86. The largest absolute Gasteiger partial charge is 0.325 e. The smallest absolute Gasteiger partial charge is 0.320 e. The number of fused-ring (bicyclic) bond motifs is 3. The van der Waals surface area contributed by atoms with Crippen LogP contribution in [0.4, 0.5) is 4.79 Å². The Morgan fingerprint density at radius 1 is 1.14 bits per heavy atom. The lowest BCUT2D eigenvalue weighted by molar-refractivity contribution is 0.139. The molecule has 2 aliphatic heterocycles. The van der Waals surface area contributed by atoms with Crippen molar-refractivity contribution in [3.8, 4) is 0 Å². The molecule has 0 bridgehead atoms. The highest BCUT2D eigenvalue weighted by Crippen LogP contribution is 2.37. The van der Waals surface area contributed by atoms with E-state index in [9.17, 15) is 4.79 Å². The van der Waals surface area contributed by atoms with E-state index in [0.29, 0.717) is 11.7 Å². The first-order valence-corrected chi connectivity index (χ1v) is 8.88. The molecule has 1 saturated heterocycles. The van der Waals surface area contributed by atoms with E-state index in [4.69, 9.17) is 11.6 Å². The van der Waals surface area contributed by atoms with Gasteiger partial charge in [0.2, 0.25) is 0 Å². The van der Waals surface area contributed by atoms with E-state index in [1.54, 1.807) is 11.3 Å². The second-order valence-corrected chi connectivity index (χ2v) is 7.29. The van der Waals surface area contributed by atoms with Gasteiger partial charge in [-0.1, -0.05) is 11.6 Å². The molecule has 0 radical (unpaired) electrons. The number of carbonyl (C=O) groups excluding carboxylic acids is 1. The fourth-order valence-corrected chi connectivity index (χ4v) is 4.84. The number of halogens is 1. The number of urea groups is 1. The normalized spacial score (nSPS) is 18.6. The number of thiophene rings is 1. The van der Waals surface area contributed by atoms with Crippen LogP contribution in [0.1, 0.15) is 29.7 Å². The Morgan fingerprint density at radius 3 is 2.77 bits per heavy atom. The van der Waals surface area contributed by atoms with Crippen molar-refractivity contribution in [3.63, 3.8) is 0 Å². The van der Waals surface area contributed by atoms with Gasteiger partial charge in [0.25, 0.3) is 0 Å². The van der Waals surface area contributed by atoms with E-state index in [1.807, 2.05) is 9.80 Å². The number of piperidine rings is 1. The van der Waals surface area contributed by atoms with Crippen LogP contribution in [0.3, 0.4) is 0 Å². The quantitative estimate of drug-likeness (QED) is 0.693. The molecule has 0 spiro atoms. The molecule has 2 aromatic rings. The maximum atomic E-state index is 12.6. The summed E-state index contributed by atoms with van der Waals surface area (Å²) in [5.41, 5.74) is 1.23. The van der Waals surface area contributed by atoms with Crippen molar-refractivity contribution in [1.29, 1.82) is 0 Å². The topological polar surface area (TPSA) is 49.3 Å². The summed E-state index contributed by atoms with van der Waals surface area (Å²) in [6.07, 6.45) is 5.82. The zero-order chi connectivity index (χ0) is 15.1. The third kappa shape index (κ3) is 2.34. The number of likely N-dealkylation sites (tertiary alicyclic amines) is 1. The molecule has 1 fully saturated rings. The van der Waals surface area contributed by atoms with E-state index in [-0.39, 0.29) is 6.03 Å². The fourth-order valence-electron chi connectivity index (χ4n) is 3.34. The monoisotopic (exact) mass is 336 g/mol. The Hall–Kier alpha value is -1.40. The molecular formula is C15H17ClN4OS. The number of nitrogens with zero attached hydrogens (tertiary/aromatic N) is 4. The molecule has 4 rings (SSSR count). The highest BCUT2D eigenvalue weighted by molar-refractivity contribution is 7.19. The number of amides is 2. The van der Waals surface area contributed by atoms with Gasteiger partial charge in [-0.2, -0.15) is 0 Å². The molecule has 0 unspecified atom stereocenters. The van der Waals surface area contributed by atoms with Gasteiger partial charge in [0.15, 0.2) is 0 Å². The van der Waals surface area contributed by atoms with Gasteiger partial charge in [-0.05, 0) is 31.2 Å². The van der Waals surface area contributed by atoms with Crippen LogP contribution in [0.15, 0.2) is 6.33 Å². The Kier molecular flexibility index (Phi) is 3.66. The molecule has 2 aliphatic rings. The van der Waals surface area contributed by atoms with Crippen LogP contribution < -0.4 is 0 Å². The van der Waals surface area contributed by atoms with Gasteiger partial charge in [-0.3, -0.25) is 0 Å². The van der Waals surface area contributed by atoms with Gasteiger partial charge in [-0.25, -0.2) is 14.8 Å². The summed E-state index contributed by atoms with van der Waals surface area (Å²) in [5, 5.41) is 1.51. The SMILES string of the molecule is O=C(N1CCCCC1)N1CCc2c(sc3ncnc(Cl)c23)C1. The van der Waals surface area contributed by atoms with Crippen molar-refractivity contribution in [1.82, 2.24) is 19.8 Å². The highest BCUT2D eigenvalue weighted by atomic mass is 35.5. The van der Waals surface area contributed by atoms with Crippen LogP contribution in [-0.4, -0.2) is 45.4 Å². The van der Waals surface area contributed by atoms with E-state index in [1.165, 1.54) is 23.2 Å². The second-order valence-electron chi connectivity index (χ2n) is 5.85. The van der Waals surface area contributed by atoms with Gasteiger partial charge in [0.05, 0.1) is 11.9 Å². The fraction of sp³-hybridized carbons (Fsp3) is 0.533. The van der Waals surface area contributed by atoms with Gasteiger partial charge < -0.3 is 9.80 Å². The molecule has 0 N–H and O–H groups in total. The van der Waals surface area contributed by atoms with Gasteiger partial charge in [0.1, 0.15) is 16.3 Å². The van der Waals surface area contributed by atoms with Crippen molar-refractivity contribution in [2.75, 3.05) is 19.6 Å². The van der Waals surface area contributed by atoms with E-state index < -0.39 is 0 Å². The third-order valence-corrected chi connectivity index (χ3v) is 5.90. The summed E-state index contributed by atoms with van der Waals surface area (Å²) < 4.78 is 0. The first-order chi connectivity index (χ1) is 10.7. The van der Waals surface area contributed by atoms with Crippen LogP contribution >= 0.6 is 22.9 Å². The first kappa shape index (κ1) is 14.2. The van der Waals surface area contributed by atoms with Gasteiger partial charge in [0, 0.05) is 24.5 Å². The van der Waals surface area contributed by atoms with Crippen LogP contribution in [0, 0.1) is 0 Å². The molecular weight excluding hydrogens is 320 g/mol. The highest BCUT2D eigenvalue weighted by Gasteiger charge is 2.29. The Balaban J connectivity index is 1.60. The number of carbonyl (C=O) groups is 1. The van der Waals surface area contributed by atoms with E-state index in [2.05, 4.69) is 9.97 Å². The minimum atomic E-state index is 0.181. The Labute approximate surface area is 137 Å². The van der Waals surface area contributed by atoms with Gasteiger partial charge >= 0.3 is 6.03 Å². The van der Waals surface area contributed by atoms with Crippen LogP contribution in [0.2, 0.25) is 5.15 Å². The molecule has 0 aromatic carbocycles. The molecule has 0 saturated carbocycles. The first-order valence-electron chi connectivity index (χ1n) is 7.68. The maximum Gasteiger partial charge on any atom is 0.320 e. The van der Waals surface area contributed by atoms with Crippen molar-refractivity contribution in [2.45, 2.75) is 32.2 Å². The number of hydrogen-bond acceptors (Lipinski definition) is 4. The summed E-state index contributed by atoms with van der Waals surface area (Å²) in [6.45, 7) is 3.21. The minimum absolute atomic E-state index is 0.181. The second kappa shape index (κ2) is 5.66. The molecule has 2 amide bonds. The average Bonchev–Trinajstić information content (AvgIpc) is 2.93. The lowest BCUT2D eigenvalue weighted by Crippen LogP contribution is -2.46. The number of hydrogen-bond donors (Lipinski definition) is 0.